The van der Waals surface area contributed by atoms with Crippen LogP contribution in [-0.2, 0) is 4.79 Å². The molecule has 0 amide bonds. The maximum Gasteiger partial charge on any atom is 0.310 e. The van der Waals surface area contributed by atoms with Crippen LogP contribution < -0.4 is 14.4 Å². The lowest BCUT2D eigenvalue weighted by molar-refractivity contribution is -0.138. The highest BCUT2D eigenvalue weighted by molar-refractivity contribution is 5.75. The number of nitrogens with zero attached hydrogens (tertiary/aromatic N) is 3. The minimum absolute atomic E-state index is 0.0129. The van der Waals surface area contributed by atoms with E-state index in [2.05, 4.69) is 9.97 Å². The van der Waals surface area contributed by atoms with Gasteiger partial charge in [0.15, 0.2) is 12.4 Å². The summed E-state index contributed by atoms with van der Waals surface area (Å²) >= 11 is 0. The first-order valence-corrected chi connectivity index (χ1v) is 9.85. The van der Waals surface area contributed by atoms with Crippen molar-refractivity contribution in [3.8, 4) is 11.6 Å². The van der Waals surface area contributed by atoms with E-state index >= 15 is 0 Å². The Morgan fingerprint density at radius 2 is 2.00 bits per heavy atom. The Kier molecular flexibility index (Phi) is 6.87. The van der Waals surface area contributed by atoms with Gasteiger partial charge < -0.3 is 19.5 Å². The van der Waals surface area contributed by atoms with Crippen LogP contribution in [0.2, 0.25) is 0 Å². The van der Waals surface area contributed by atoms with Crippen LogP contribution in [0.1, 0.15) is 31.7 Å². The lowest BCUT2D eigenvalue weighted by Gasteiger charge is -2.19. The third-order valence-corrected chi connectivity index (χ3v) is 5.02. The molecule has 1 aliphatic heterocycles. The number of rotatable bonds is 9. The second kappa shape index (κ2) is 9.40. The minimum Gasteiger partial charge on any atom is -0.493 e. The van der Waals surface area contributed by atoms with Crippen LogP contribution >= 0.6 is 0 Å². The maximum absolute atomic E-state index is 14.6. The van der Waals surface area contributed by atoms with Crippen LogP contribution in [0.25, 0.3) is 0 Å². The topological polar surface area (TPSA) is 84.8 Å². The van der Waals surface area contributed by atoms with Gasteiger partial charge in [0.05, 0.1) is 12.5 Å². The molecule has 1 N–H and O–H groups in total. The van der Waals surface area contributed by atoms with Gasteiger partial charge in [0.2, 0.25) is 5.82 Å². The zero-order valence-electron chi connectivity index (χ0n) is 17.2. The molecule has 1 aliphatic rings. The number of carbonyl (C=O) groups is 1. The Morgan fingerprint density at radius 3 is 2.65 bits per heavy atom. The number of carboxylic acid groups (broad SMARTS) is 1. The summed E-state index contributed by atoms with van der Waals surface area (Å²) in [6.45, 7) is 2.72. The van der Waals surface area contributed by atoms with Crippen LogP contribution in [0.5, 0.6) is 11.6 Å². The fraction of sp³-hybridized carbons (Fsp3) is 0.476. The van der Waals surface area contributed by atoms with Gasteiger partial charge in [-0.2, -0.15) is 9.37 Å². The molecule has 0 aliphatic carbocycles. The fourth-order valence-electron chi connectivity index (χ4n) is 3.23. The van der Waals surface area contributed by atoms with Gasteiger partial charge >= 0.3 is 5.97 Å². The molecule has 3 rings (SSSR count). The molecular weight excluding hydrogens is 415 g/mol. The Balaban J connectivity index is 1.55. The van der Waals surface area contributed by atoms with E-state index < -0.39 is 36.1 Å². The van der Waals surface area contributed by atoms with Crippen molar-refractivity contribution >= 4 is 11.8 Å². The van der Waals surface area contributed by atoms with Crippen LogP contribution in [0.3, 0.4) is 0 Å². The molecule has 2 heterocycles. The van der Waals surface area contributed by atoms with E-state index in [4.69, 9.17) is 14.6 Å². The van der Waals surface area contributed by atoms with Gasteiger partial charge in [0.25, 0.3) is 11.8 Å². The highest BCUT2D eigenvalue weighted by atomic mass is 19.3. The summed E-state index contributed by atoms with van der Waals surface area (Å²) in [4.78, 5) is 20.3. The van der Waals surface area contributed by atoms with Crippen molar-refractivity contribution in [2.24, 2.45) is 5.92 Å². The van der Waals surface area contributed by atoms with E-state index in [0.717, 1.165) is 12.7 Å². The van der Waals surface area contributed by atoms with Gasteiger partial charge in [-0.05, 0) is 31.0 Å². The van der Waals surface area contributed by atoms with E-state index in [0.29, 0.717) is 37.9 Å². The number of alkyl halides is 2. The maximum atomic E-state index is 14.6. The second-order valence-corrected chi connectivity index (χ2v) is 7.72. The third kappa shape index (κ3) is 5.99. The molecule has 0 bridgehead atoms. The zero-order valence-corrected chi connectivity index (χ0v) is 17.2. The number of hydrogen-bond acceptors (Lipinski definition) is 6. The summed E-state index contributed by atoms with van der Waals surface area (Å²) < 4.78 is 51.2. The average molecular weight is 439 g/mol. The monoisotopic (exact) mass is 439 g/mol. The van der Waals surface area contributed by atoms with Crippen molar-refractivity contribution in [1.29, 1.82) is 0 Å². The molecule has 1 aromatic heterocycles. The largest absolute Gasteiger partial charge is 0.493 e. The van der Waals surface area contributed by atoms with Crippen molar-refractivity contribution in [2.75, 3.05) is 31.2 Å². The Morgan fingerprint density at radius 1 is 1.29 bits per heavy atom. The molecule has 1 aromatic carbocycles. The van der Waals surface area contributed by atoms with Crippen LogP contribution in [0, 0.1) is 11.7 Å². The SMILES string of the molecule is CC(C(=O)O)c1ccc(OCC2CCN(c3ncnc(OCC(C)(F)F)c3F)C2)cc1. The van der Waals surface area contributed by atoms with E-state index in [1.54, 1.807) is 36.1 Å². The summed E-state index contributed by atoms with van der Waals surface area (Å²) in [6.07, 6.45) is 1.83. The third-order valence-electron chi connectivity index (χ3n) is 5.02. The first kappa shape index (κ1) is 22.6. The van der Waals surface area contributed by atoms with Gasteiger partial charge in [-0.3, -0.25) is 4.79 Å². The molecule has 0 saturated carbocycles. The van der Waals surface area contributed by atoms with Crippen molar-refractivity contribution in [3.63, 3.8) is 0 Å². The van der Waals surface area contributed by atoms with Gasteiger partial charge in [-0.25, -0.2) is 13.8 Å². The van der Waals surface area contributed by atoms with Gasteiger partial charge in [0.1, 0.15) is 12.1 Å². The molecule has 7 nitrogen and oxygen atoms in total. The molecule has 1 fully saturated rings. The summed E-state index contributed by atoms with van der Waals surface area (Å²) in [6, 6.07) is 6.87. The van der Waals surface area contributed by atoms with Gasteiger partial charge in [0, 0.05) is 25.9 Å². The van der Waals surface area contributed by atoms with Crippen molar-refractivity contribution in [1.82, 2.24) is 9.97 Å². The van der Waals surface area contributed by atoms with E-state index in [1.165, 1.54) is 0 Å². The summed E-state index contributed by atoms with van der Waals surface area (Å²) in [5.74, 6) is -5.22. The number of carboxylic acids is 1. The summed E-state index contributed by atoms with van der Waals surface area (Å²) in [7, 11) is 0. The predicted molar refractivity (Wildman–Crippen MR) is 106 cm³/mol. The Hall–Kier alpha value is -3.04. The van der Waals surface area contributed by atoms with E-state index in [-0.39, 0.29) is 11.7 Å². The molecule has 2 aromatic rings. The first-order chi connectivity index (χ1) is 14.6. The molecule has 0 spiro atoms. The standard InChI is InChI=1S/C21H24F3N3O4/c1-13(20(28)29)15-3-5-16(6-4-15)30-10-14-7-8-27(9-14)18-17(22)19(26-12-25-18)31-11-21(2,23)24/h3-6,12-14H,7-11H2,1-2H3,(H,28,29). The molecule has 2 unspecified atom stereocenters. The molecule has 31 heavy (non-hydrogen) atoms. The molecule has 168 valence electrons. The van der Waals surface area contributed by atoms with Crippen LogP contribution in [-0.4, -0.2) is 53.3 Å². The smallest absolute Gasteiger partial charge is 0.310 e. The molecule has 10 heteroatoms. The van der Waals surface area contributed by atoms with E-state index in [1.807, 2.05) is 0 Å². The second-order valence-electron chi connectivity index (χ2n) is 7.72. The first-order valence-electron chi connectivity index (χ1n) is 9.85. The van der Waals surface area contributed by atoms with Crippen molar-refractivity contribution in [3.05, 3.63) is 42.0 Å². The van der Waals surface area contributed by atoms with Crippen LogP contribution in [0.4, 0.5) is 19.0 Å². The van der Waals surface area contributed by atoms with Crippen molar-refractivity contribution < 1.29 is 32.5 Å². The molecule has 1 saturated heterocycles. The highest BCUT2D eigenvalue weighted by Gasteiger charge is 2.29. The molecular formula is C21H24F3N3O4. The fourth-order valence-corrected chi connectivity index (χ4v) is 3.23. The number of benzene rings is 1. The van der Waals surface area contributed by atoms with Crippen molar-refractivity contribution in [2.45, 2.75) is 32.1 Å². The number of halogens is 3. The number of aromatic nitrogens is 2. The number of ether oxygens (including phenoxy) is 2. The van der Waals surface area contributed by atoms with Crippen LogP contribution in [0.15, 0.2) is 30.6 Å². The average Bonchev–Trinajstić information content (AvgIpc) is 3.19. The molecule has 0 radical (unpaired) electrons. The Bertz CT molecular complexity index is 906. The summed E-state index contributed by atoms with van der Waals surface area (Å²) in [5, 5.41) is 9.06. The zero-order chi connectivity index (χ0) is 22.6. The highest BCUT2D eigenvalue weighted by Crippen LogP contribution is 2.29. The minimum atomic E-state index is -3.10. The molecule has 2 atom stereocenters. The number of anilines is 1. The quantitative estimate of drug-likeness (QED) is 0.637. The van der Waals surface area contributed by atoms with Gasteiger partial charge in [-0.15, -0.1) is 0 Å². The lowest BCUT2D eigenvalue weighted by Crippen LogP contribution is -2.25. The lowest BCUT2D eigenvalue weighted by atomic mass is 10.0. The normalized spacial score (nSPS) is 17.5. The predicted octanol–water partition coefficient (Wildman–Crippen LogP) is 3.74. The summed E-state index contributed by atoms with van der Waals surface area (Å²) in [5.41, 5.74) is 0.685. The number of aliphatic carboxylic acids is 1. The van der Waals surface area contributed by atoms with Gasteiger partial charge in [-0.1, -0.05) is 12.1 Å². The van der Waals surface area contributed by atoms with E-state index in [9.17, 15) is 18.0 Å². The number of hydrogen-bond donors (Lipinski definition) is 1. The Labute approximate surface area is 177 Å².